The number of ether oxygens (including phenoxy) is 2. The molecule has 1 atom stereocenters. The van der Waals surface area contributed by atoms with Crippen LogP contribution in [0.25, 0.3) is 0 Å². The first kappa shape index (κ1) is 22.6. The predicted octanol–water partition coefficient (Wildman–Crippen LogP) is 3.56. The minimum atomic E-state index is -0.259. The molecule has 4 rings (SSSR count). The number of fused-ring (bicyclic) bond motifs is 1. The zero-order valence-electron chi connectivity index (χ0n) is 19.6. The molecular formula is C25H30N4O4. The summed E-state index contributed by atoms with van der Waals surface area (Å²) in [5.41, 5.74) is 4.32. The van der Waals surface area contributed by atoms with E-state index in [1.165, 1.54) is 5.01 Å². The molecule has 1 fully saturated rings. The highest BCUT2D eigenvalue weighted by atomic mass is 16.5. The van der Waals surface area contributed by atoms with Crippen molar-refractivity contribution in [1.82, 2.24) is 10.3 Å². The van der Waals surface area contributed by atoms with E-state index in [4.69, 9.17) is 14.6 Å². The quantitative estimate of drug-likeness (QED) is 0.755. The molecular weight excluding hydrogens is 420 g/mol. The molecule has 2 aliphatic heterocycles. The molecule has 2 aliphatic rings. The molecule has 174 valence electrons. The van der Waals surface area contributed by atoms with E-state index >= 15 is 0 Å². The first-order valence-electron chi connectivity index (χ1n) is 11.3. The Kier molecular flexibility index (Phi) is 6.53. The number of hydrogen-bond donors (Lipinski definition) is 1. The van der Waals surface area contributed by atoms with Gasteiger partial charge in [0.1, 0.15) is 0 Å². The van der Waals surface area contributed by atoms with E-state index in [0.717, 1.165) is 41.8 Å². The average Bonchev–Trinajstić information content (AvgIpc) is 3.21. The number of rotatable bonds is 5. The van der Waals surface area contributed by atoms with Crippen LogP contribution in [0.5, 0.6) is 11.5 Å². The fourth-order valence-electron chi connectivity index (χ4n) is 4.47. The Hall–Kier alpha value is -3.55. The first-order chi connectivity index (χ1) is 16.0. The van der Waals surface area contributed by atoms with Crippen LogP contribution >= 0.6 is 0 Å². The third-order valence-corrected chi connectivity index (χ3v) is 6.29. The Morgan fingerprint density at radius 1 is 1.15 bits per heavy atom. The van der Waals surface area contributed by atoms with Gasteiger partial charge in [0.05, 0.1) is 26.0 Å². The van der Waals surface area contributed by atoms with Gasteiger partial charge in [-0.15, -0.1) is 0 Å². The number of urea groups is 1. The standard InChI is InChI=1S/C25H30N4O4/c1-5-18-13-17-14-21(32-3)22(33-4)15-20(17)24(27-29(18)25(31)26-2)16-8-10-19(11-9-16)28-12-6-7-23(28)30/h8-11,14-15,18H,5-7,12-13H2,1-4H3,(H,26,31). The zero-order chi connectivity index (χ0) is 23.5. The largest absolute Gasteiger partial charge is 0.493 e. The summed E-state index contributed by atoms with van der Waals surface area (Å²) in [5.74, 6) is 1.39. The fourth-order valence-corrected chi connectivity index (χ4v) is 4.47. The normalized spacial score (nSPS) is 17.9. The Bertz CT molecular complexity index is 1080. The molecule has 2 aromatic carbocycles. The number of hydrogen-bond acceptors (Lipinski definition) is 5. The van der Waals surface area contributed by atoms with Gasteiger partial charge in [0.25, 0.3) is 0 Å². The van der Waals surface area contributed by atoms with Gasteiger partial charge in [0.2, 0.25) is 5.91 Å². The van der Waals surface area contributed by atoms with Crippen LogP contribution in [0, 0.1) is 0 Å². The summed E-state index contributed by atoms with van der Waals surface area (Å²) in [6, 6.07) is 11.3. The molecule has 1 N–H and O–H groups in total. The summed E-state index contributed by atoms with van der Waals surface area (Å²) in [6.07, 6.45) is 2.84. The van der Waals surface area contributed by atoms with Gasteiger partial charge in [-0.05, 0) is 49.1 Å². The molecule has 0 bridgehead atoms. The maximum atomic E-state index is 12.7. The van der Waals surface area contributed by atoms with Crippen molar-refractivity contribution in [2.24, 2.45) is 5.10 Å². The SMILES string of the molecule is CCC1Cc2cc(OC)c(OC)cc2C(c2ccc(N3CCCC3=O)cc2)=NN1C(=O)NC. The number of nitrogens with zero attached hydrogens (tertiary/aromatic N) is 3. The molecule has 2 heterocycles. The number of carbonyl (C=O) groups excluding carboxylic acids is 2. The highest BCUT2D eigenvalue weighted by Gasteiger charge is 2.30. The molecule has 0 spiro atoms. The van der Waals surface area contributed by atoms with Crippen LogP contribution in [-0.2, 0) is 11.2 Å². The van der Waals surface area contributed by atoms with Crippen molar-refractivity contribution >= 4 is 23.3 Å². The Morgan fingerprint density at radius 3 is 2.42 bits per heavy atom. The van der Waals surface area contributed by atoms with E-state index in [9.17, 15) is 9.59 Å². The van der Waals surface area contributed by atoms with E-state index in [1.54, 1.807) is 21.3 Å². The van der Waals surface area contributed by atoms with E-state index < -0.39 is 0 Å². The fraction of sp³-hybridized carbons (Fsp3) is 0.400. The maximum Gasteiger partial charge on any atom is 0.337 e. The van der Waals surface area contributed by atoms with Crippen molar-refractivity contribution in [3.8, 4) is 11.5 Å². The molecule has 33 heavy (non-hydrogen) atoms. The van der Waals surface area contributed by atoms with Crippen LogP contribution in [0.1, 0.15) is 42.9 Å². The van der Waals surface area contributed by atoms with Crippen LogP contribution in [0.3, 0.4) is 0 Å². The Morgan fingerprint density at radius 2 is 1.85 bits per heavy atom. The molecule has 0 saturated carbocycles. The molecule has 3 amide bonds. The minimum absolute atomic E-state index is 0.110. The monoisotopic (exact) mass is 450 g/mol. The highest BCUT2D eigenvalue weighted by molar-refractivity contribution is 6.14. The highest BCUT2D eigenvalue weighted by Crippen LogP contribution is 2.35. The summed E-state index contributed by atoms with van der Waals surface area (Å²) in [7, 11) is 4.82. The number of nitrogens with one attached hydrogen (secondary N) is 1. The average molecular weight is 451 g/mol. The number of anilines is 1. The van der Waals surface area contributed by atoms with Gasteiger partial charge >= 0.3 is 6.03 Å². The molecule has 0 aliphatic carbocycles. The number of carbonyl (C=O) groups is 2. The lowest BCUT2D eigenvalue weighted by Crippen LogP contribution is -2.42. The van der Waals surface area contributed by atoms with Crippen LogP contribution in [-0.4, -0.2) is 56.5 Å². The van der Waals surface area contributed by atoms with Crippen molar-refractivity contribution in [1.29, 1.82) is 0 Å². The molecule has 8 heteroatoms. The third-order valence-electron chi connectivity index (χ3n) is 6.29. The van der Waals surface area contributed by atoms with Gasteiger partial charge in [-0.25, -0.2) is 9.80 Å². The lowest BCUT2D eigenvalue weighted by atomic mass is 9.93. The summed E-state index contributed by atoms with van der Waals surface area (Å²) in [6.45, 7) is 2.78. The summed E-state index contributed by atoms with van der Waals surface area (Å²) >= 11 is 0. The van der Waals surface area contributed by atoms with Crippen molar-refractivity contribution in [3.63, 3.8) is 0 Å². The van der Waals surface area contributed by atoms with Gasteiger partial charge in [-0.3, -0.25) is 4.79 Å². The van der Waals surface area contributed by atoms with Crippen LogP contribution in [0.4, 0.5) is 10.5 Å². The minimum Gasteiger partial charge on any atom is -0.493 e. The topological polar surface area (TPSA) is 83.5 Å². The number of methoxy groups -OCH3 is 2. The van der Waals surface area contributed by atoms with Crippen molar-refractivity contribution in [3.05, 3.63) is 53.1 Å². The van der Waals surface area contributed by atoms with Gasteiger partial charge in [0, 0.05) is 36.8 Å². The summed E-state index contributed by atoms with van der Waals surface area (Å²) < 4.78 is 11.1. The van der Waals surface area contributed by atoms with Crippen LogP contribution in [0.15, 0.2) is 41.5 Å². The second kappa shape index (κ2) is 9.52. The zero-order valence-corrected chi connectivity index (χ0v) is 19.6. The lowest BCUT2D eigenvalue weighted by Gasteiger charge is -2.25. The Labute approximate surface area is 194 Å². The Balaban J connectivity index is 1.85. The van der Waals surface area contributed by atoms with E-state index in [1.807, 2.05) is 48.2 Å². The molecule has 2 aromatic rings. The lowest BCUT2D eigenvalue weighted by molar-refractivity contribution is -0.117. The van der Waals surface area contributed by atoms with Crippen molar-refractivity contribution < 1.29 is 19.1 Å². The summed E-state index contributed by atoms with van der Waals surface area (Å²) in [5, 5.41) is 9.09. The van der Waals surface area contributed by atoms with E-state index in [-0.39, 0.29) is 18.0 Å². The van der Waals surface area contributed by atoms with E-state index in [0.29, 0.717) is 30.1 Å². The second-order valence-electron chi connectivity index (χ2n) is 8.17. The van der Waals surface area contributed by atoms with Crippen molar-refractivity contribution in [2.45, 2.75) is 38.6 Å². The van der Waals surface area contributed by atoms with Crippen LogP contribution in [0.2, 0.25) is 0 Å². The molecule has 1 saturated heterocycles. The third kappa shape index (κ3) is 4.25. The van der Waals surface area contributed by atoms with Gasteiger partial charge in [-0.2, -0.15) is 5.10 Å². The molecule has 0 radical (unpaired) electrons. The molecule has 1 unspecified atom stereocenters. The maximum absolute atomic E-state index is 12.7. The van der Waals surface area contributed by atoms with E-state index in [2.05, 4.69) is 5.32 Å². The second-order valence-corrected chi connectivity index (χ2v) is 8.17. The number of hydrazone groups is 1. The molecule has 8 nitrogen and oxygen atoms in total. The van der Waals surface area contributed by atoms with Gasteiger partial charge in [-0.1, -0.05) is 19.1 Å². The van der Waals surface area contributed by atoms with Crippen molar-refractivity contribution in [2.75, 3.05) is 32.7 Å². The number of benzene rings is 2. The van der Waals surface area contributed by atoms with Crippen LogP contribution < -0.4 is 19.7 Å². The first-order valence-corrected chi connectivity index (χ1v) is 11.3. The van der Waals surface area contributed by atoms with Gasteiger partial charge < -0.3 is 19.7 Å². The number of amides is 3. The van der Waals surface area contributed by atoms with Gasteiger partial charge in [0.15, 0.2) is 11.5 Å². The summed E-state index contributed by atoms with van der Waals surface area (Å²) in [4.78, 5) is 26.7. The smallest absolute Gasteiger partial charge is 0.337 e. The molecule has 0 aromatic heterocycles. The predicted molar refractivity (Wildman–Crippen MR) is 127 cm³/mol.